The Hall–Kier alpha value is -2.57. The molecule has 0 spiro atoms. The Morgan fingerprint density at radius 1 is 0.889 bits per heavy atom. The van der Waals surface area contributed by atoms with Gasteiger partial charge in [-0.1, -0.05) is 60.7 Å². The summed E-state index contributed by atoms with van der Waals surface area (Å²) in [7, 11) is 0. The molecule has 144 valence electrons. The van der Waals surface area contributed by atoms with Crippen molar-refractivity contribution in [2.45, 2.75) is 38.7 Å². The number of carbonyl (C=O) groups excluding carboxylic acids is 2. The van der Waals surface area contributed by atoms with Crippen LogP contribution in [0.5, 0.6) is 0 Å². The maximum absolute atomic E-state index is 12.5. The molecule has 0 saturated heterocycles. The summed E-state index contributed by atoms with van der Waals surface area (Å²) in [4.78, 5) is 25.9. The number of imide groups is 1. The maximum atomic E-state index is 12.5. The van der Waals surface area contributed by atoms with Gasteiger partial charge in [0.2, 0.25) is 0 Å². The summed E-state index contributed by atoms with van der Waals surface area (Å²) in [5, 5.41) is 2.89. The van der Waals surface area contributed by atoms with Crippen molar-refractivity contribution in [3.63, 3.8) is 0 Å². The number of benzene rings is 2. The van der Waals surface area contributed by atoms with Gasteiger partial charge in [-0.2, -0.15) is 4.90 Å². The van der Waals surface area contributed by atoms with Gasteiger partial charge in [0, 0.05) is 0 Å². The molecular formula is C20H23ClN2O4. The lowest BCUT2D eigenvalue weighted by Crippen LogP contribution is -2.51. The fourth-order valence-corrected chi connectivity index (χ4v) is 2.56. The van der Waals surface area contributed by atoms with Crippen molar-refractivity contribution in [2.75, 3.05) is 0 Å². The predicted octanol–water partition coefficient (Wildman–Crippen LogP) is 4.48. The standard InChI is InChI=1S/C20H23ClN2O4/c1-15(21)22-16(2)23(19(24)26-13-17-9-5-3-6-10-17)20(25)27-14-18-11-7-4-8-12-18/h3-12,15-16,22H,13-14H2,1-2H3. The Labute approximate surface area is 164 Å². The zero-order valence-corrected chi connectivity index (χ0v) is 16.1. The zero-order valence-electron chi connectivity index (χ0n) is 15.3. The van der Waals surface area contributed by atoms with Gasteiger partial charge < -0.3 is 9.47 Å². The zero-order chi connectivity index (χ0) is 19.6. The first-order chi connectivity index (χ1) is 13.0. The molecule has 0 fully saturated rings. The summed E-state index contributed by atoms with van der Waals surface area (Å²) in [6.45, 7) is 3.42. The van der Waals surface area contributed by atoms with Crippen molar-refractivity contribution in [3.05, 3.63) is 71.8 Å². The van der Waals surface area contributed by atoms with Crippen LogP contribution in [0.2, 0.25) is 0 Å². The van der Waals surface area contributed by atoms with Crippen molar-refractivity contribution in [2.24, 2.45) is 0 Å². The Kier molecular flexibility index (Phi) is 8.10. The highest BCUT2D eigenvalue weighted by molar-refractivity contribution is 6.20. The highest BCUT2D eigenvalue weighted by Crippen LogP contribution is 2.10. The number of hydrogen-bond donors (Lipinski definition) is 1. The van der Waals surface area contributed by atoms with E-state index in [1.165, 1.54) is 0 Å². The molecule has 27 heavy (non-hydrogen) atoms. The summed E-state index contributed by atoms with van der Waals surface area (Å²) >= 11 is 5.93. The fraction of sp³-hybridized carbons (Fsp3) is 0.300. The van der Waals surface area contributed by atoms with Crippen LogP contribution in [0.3, 0.4) is 0 Å². The highest BCUT2D eigenvalue weighted by atomic mass is 35.5. The van der Waals surface area contributed by atoms with Crippen molar-refractivity contribution in [1.29, 1.82) is 0 Å². The SMILES string of the molecule is CC(Cl)NC(C)N(C(=O)OCc1ccccc1)C(=O)OCc1ccccc1. The summed E-state index contributed by atoms with van der Waals surface area (Å²) in [5.41, 5.74) is 1.18. The van der Waals surface area contributed by atoms with Gasteiger partial charge in [0.25, 0.3) is 0 Å². The van der Waals surface area contributed by atoms with E-state index in [0.29, 0.717) is 0 Å². The smallest absolute Gasteiger partial charge is 0.420 e. The van der Waals surface area contributed by atoms with E-state index in [2.05, 4.69) is 5.32 Å². The molecule has 0 radical (unpaired) electrons. The third-order valence-electron chi connectivity index (χ3n) is 3.66. The van der Waals surface area contributed by atoms with Crippen LogP contribution in [-0.2, 0) is 22.7 Å². The minimum Gasteiger partial charge on any atom is -0.444 e. The molecule has 0 aromatic heterocycles. The Bertz CT molecular complexity index is 670. The van der Waals surface area contributed by atoms with E-state index in [1.54, 1.807) is 13.8 Å². The van der Waals surface area contributed by atoms with Crippen molar-refractivity contribution < 1.29 is 19.1 Å². The van der Waals surface area contributed by atoms with Gasteiger partial charge in [0.05, 0.1) is 11.7 Å². The molecular weight excluding hydrogens is 368 g/mol. The number of carbonyl (C=O) groups is 2. The number of amides is 2. The van der Waals surface area contributed by atoms with Crippen LogP contribution in [0.1, 0.15) is 25.0 Å². The van der Waals surface area contributed by atoms with E-state index in [4.69, 9.17) is 21.1 Å². The van der Waals surface area contributed by atoms with E-state index in [9.17, 15) is 9.59 Å². The molecule has 0 aliphatic rings. The first-order valence-corrected chi connectivity index (χ1v) is 9.01. The molecule has 7 heteroatoms. The number of alkyl halides is 1. The van der Waals surface area contributed by atoms with Crippen LogP contribution in [0.25, 0.3) is 0 Å². The lowest BCUT2D eigenvalue weighted by atomic mass is 10.2. The average molecular weight is 391 g/mol. The fourth-order valence-electron chi connectivity index (χ4n) is 2.38. The lowest BCUT2D eigenvalue weighted by molar-refractivity contribution is 0.0534. The van der Waals surface area contributed by atoms with Crippen LogP contribution in [-0.4, -0.2) is 28.8 Å². The molecule has 2 aromatic rings. The van der Waals surface area contributed by atoms with Gasteiger partial charge >= 0.3 is 12.2 Å². The molecule has 2 atom stereocenters. The molecule has 2 unspecified atom stereocenters. The third kappa shape index (κ3) is 6.92. The van der Waals surface area contributed by atoms with Crippen molar-refractivity contribution in [1.82, 2.24) is 10.2 Å². The maximum Gasteiger partial charge on any atom is 0.420 e. The molecule has 0 saturated carbocycles. The van der Waals surface area contributed by atoms with Crippen LogP contribution >= 0.6 is 11.6 Å². The monoisotopic (exact) mass is 390 g/mol. The van der Waals surface area contributed by atoms with E-state index in [1.807, 2.05) is 60.7 Å². The van der Waals surface area contributed by atoms with E-state index in [-0.39, 0.29) is 13.2 Å². The number of nitrogens with zero attached hydrogens (tertiary/aromatic N) is 1. The number of ether oxygens (including phenoxy) is 2. The molecule has 2 aromatic carbocycles. The predicted molar refractivity (Wildman–Crippen MR) is 103 cm³/mol. The highest BCUT2D eigenvalue weighted by Gasteiger charge is 2.30. The van der Waals surface area contributed by atoms with Crippen LogP contribution < -0.4 is 5.32 Å². The largest absolute Gasteiger partial charge is 0.444 e. The second-order valence-corrected chi connectivity index (χ2v) is 6.56. The van der Waals surface area contributed by atoms with E-state index >= 15 is 0 Å². The van der Waals surface area contributed by atoms with Gasteiger partial charge in [-0.15, -0.1) is 11.6 Å². The van der Waals surface area contributed by atoms with Crippen LogP contribution in [0, 0.1) is 0 Å². The number of halogens is 1. The van der Waals surface area contributed by atoms with Gasteiger partial charge in [-0.05, 0) is 25.0 Å². The van der Waals surface area contributed by atoms with Crippen LogP contribution in [0.4, 0.5) is 9.59 Å². The molecule has 1 N–H and O–H groups in total. The van der Waals surface area contributed by atoms with Gasteiger partial charge in [-0.25, -0.2) is 9.59 Å². The third-order valence-corrected chi connectivity index (χ3v) is 3.79. The lowest BCUT2D eigenvalue weighted by Gasteiger charge is -2.27. The van der Waals surface area contributed by atoms with Crippen LogP contribution in [0.15, 0.2) is 60.7 Å². The second-order valence-electron chi connectivity index (χ2n) is 5.91. The Morgan fingerprint density at radius 2 is 1.30 bits per heavy atom. The summed E-state index contributed by atoms with van der Waals surface area (Å²) in [6.07, 6.45) is -2.33. The Morgan fingerprint density at radius 3 is 1.67 bits per heavy atom. The van der Waals surface area contributed by atoms with E-state index in [0.717, 1.165) is 16.0 Å². The molecule has 0 bridgehead atoms. The first kappa shape index (κ1) is 20.7. The number of rotatable bonds is 7. The minimum atomic E-state index is -0.811. The quantitative estimate of drug-likeness (QED) is 0.429. The van der Waals surface area contributed by atoms with Gasteiger partial charge in [0.15, 0.2) is 0 Å². The summed E-state index contributed by atoms with van der Waals surface area (Å²) < 4.78 is 10.5. The van der Waals surface area contributed by atoms with Crippen molar-refractivity contribution in [3.8, 4) is 0 Å². The second kappa shape index (κ2) is 10.5. The molecule has 2 rings (SSSR count). The average Bonchev–Trinajstić information content (AvgIpc) is 2.66. The van der Waals surface area contributed by atoms with Gasteiger partial charge in [0.1, 0.15) is 13.2 Å². The molecule has 0 heterocycles. The topological polar surface area (TPSA) is 67.9 Å². The van der Waals surface area contributed by atoms with Gasteiger partial charge in [-0.3, -0.25) is 5.32 Å². The molecule has 6 nitrogen and oxygen atoms in total. The minimum absolute atomic E-state index is 0.0469. The molecule has 0 aliphatic heterocycles. The van der Waals surface area contributed by atoms with Crippen molar-refractivity contribution >= 4 is 23.8 Å². The number of hydrogen-bond acceptors (Lipinski definition) is 5. The molecule has 0 aliphatic carbocycles. The Balaban J connectivity index is 2.02. The first-order valence-electron chi connectivity index (χ1n) is 8.58. The normalized spacial score (nSPS) is 12.7. The summed E-state index contributed by atoms with van der Waals surface area (Å²) in [6, 6.07) is 18.4. The summed E-state index contributed by atoms with van der Waals surface area (Å²) in [5.74, 6) is 0. The molecule has 2 amide bonds. The van der Waals surface area contributed by atoms with E-state index < -0.39 is 23.9 Å². The number of nitrogens with one attached hydrogen (secondary N) is 1.